The summed E-state index contributed by atoms with van der Waals surface area (Å²) in [4.78, 5) is 25.4. The molecule has 0 bridgehead atoms. The van der Waals surface area contributed by atoms with Crippen LogP contribution in [0.5, 0.6) is 5.88 Å². The van der Waals surface area contributed by atoms with E-state index in [2.05, 4.69) is 14.9 Å². The van der Waals surface area contributed by atoms with Crippen LogP contribution in [0.3, 0.4) is 0 Å². The predicted octanol–water partition coefficient (Wildman–Crippen LogP) is 2.68. The van der Waals surface area contributed by atoms with Gasteiger partial charge in [-0.1, -0.05) is 0 Å². The van der Waals surface area contributed by atoms with Crippen LogP contribution < -0.4 is 9.64 Å². The summed E-state index contributed by atoms with van der Waals surface area (Å²) in [5.74, 6) is 1.43. The van der Waals surface area contributed by atoms with Crippen LogP contribution >= 0.6 is 11.3 Å². The number of hydrogen-bond acceptors (Lipinski definition) is 6. The molecule has 0 aromatic carbocycles. The van der Waals surface area contributed by atoms with Gasteiger partial charge in [-0.25, -0.2) is 9.97 Å². The molecule has 3 heterocycles. The number of carbonyl (C=O) groups is 1. The van der Waals surface area contributed by atoms with Crippen molar-refractivity contribution in [2.45, 2.75) is 26.4 Å². The molecule has 2 aromatic rings. The van der Waals surface area contributed by atoms with Crippen LogP contribution in [0, 0.1) is 0 Å². The fourth-order valence-corrected chi connectivity index (χ4v) is 3.37. The first-order valence-corrected chi connectivity index (χ1v) is 9.13. The van der Waals surface area contributed by atoms with Crippen LogP contribution in [-0.2, 0) is 0 Å². The zero-order valence-corrected chi connectivity index (χ0v) is 14.8. The van der Waals surface area contributed by atoms with E-state index >= 15 is 0 Å². The van der Waals surface area contributed by atoms with E-state index in [0.717, 1.165) is 37.4 Å². The van der Waals surface area contributed by atoms with E-state index in [4.69, 9.17) is 4.74 Å². The zero-order chi connectivity index (χ0) is 16.9. The molecule has 1 saturated heterocycles. The third kappa shape index (κ3) is 3.84. The van der Waals surface area contributed by atoms with E-state index in [-0.39, 0.29) is 12.0 Å². The molecular formula is C17H22N4O2S. The lowest BCUT2D eigenvalue weighted by Gasteiger charge is -2.24. The lowest BCUT2D eigenvalue weighted by atomic mass is 10.3. The summed E-state index contributed by atoms with van der Waals surface area (Å²) in [6.45, 7) is 6.94. The van der Waals surface area contributed by atoms with Gasteiger partial charge in [0.15, 0.2) is 5.82 Å². The number of thiophene rings is 1. The quantitative estimate of drug-likeness (QED) is 0.852. The minimum absolute atomic E-state index is 0.0455. The molecule has 0 radical (unpaired) electrons. The average Bonchev–Trinajstić information content (AvgIpc) is 2.99. The van der Waals surface area contributed by atoms with E-state index in [0.29, 0.717) is 12.4 Å². The standard InChI is InChI=1S/C17H22N4O2S/c1-13(2)23-16-15(18-5-6-19-16)20-7-3-8-21(10-9-20)17(22)14-4-11-24-12-14/h4-6,11-13H,3,7-10H2,1-2H3. The lowest BCUT2D eigenvalue weighted by molar-refractivity contribution is 0.0767. The van der Waals surface area contributed by atoms with E-state index < -0.39 is 0 Å². The molecule has 0 spiro atoms. The molecule has 2 aromatic heterocycles. The third-order valence-corrected chi connectivity index (χ3v) is 4.53. The summed E-state index contributed by atoms with van der Waals surface area (Å²) in [6, 6.07) is 1.88. The monoisotopic (exact) mass is 346 g/mol. The largest absolute Gasteiger partial charge is 0.472 e. The highest BCUT2D eigenvalue weighted by molar-refractivity contribution is 7.08. The molecule has 1 aliphatic rings. The van der Waals surface area contributed by atoms with Crippen molar-refractivity contribution >= 4 is 23.1 Å². The SMILES string of the molecule is CC(C)Oc1nccnc1N1CCCN(C(=O)c2ccsc2)CC1. The topological polar surface area (TPSA) is 58.6 Å². The second-order valence-electron chi connectivity index (χ2n) is 6.00. The van der Waals surface area contributed by atoms with Crippen molar-refractivity contribution in [3.05, 3.63) is 34.8 Å². The number of anilines is 1. The summed E-state index contributed by atoms with van der Waals surface area (Å²) < 4.78 is 5.78. The lowest BCUT2D eigenvalue weighted by Crippen LogP contribution is -2.35. The van der Waals surface area contributed by atoms with Crippen LogP contribution in [-0.4, -0.2) is 53.1 Å². The normalized spacial score (nSPS) is 15.5. The molecule has 24 heavy (non-hydrogen) atoms. The van der Waals surface area contributed by atoms with E-state index in [1.54, 1.807) is 23.7 Å². The number of amides is 1. The minimum atomic E-state index is 0.0455. The van der Waals surface area contributed by atoms with Gasteiger partial charge in [0.25, 0.3) is 11.8 Å². The minimum Gasteiger partial charge on any atom is -0.472 e. The van der Waals surface area contributed by atoms with E-state index in [1.807, 2.05) is 35.6 Å². The average molecular weight is 346 g/mol. The molecule has 0 N–H and O–H groups in total. The smallest absolute Gasteiger partial charge is 0.257 e. The Morgan fingerprint density at radius 1 is 1.21 bits per heavy atom. The van der Waals surface area contributed by atoms with Gasteiger partial charge in [0.1, 0.15) is 0 Å². The first-order chi connectivity index (χ1) is 11.6. The molecule has 7 heteroatoms. The fraction of sp³-hybridized carbons (Fsp3) is 0.471. The number of carbonyl (C=O) groups excluding carboxylic acids is 1. The van der Waals surface area contributed by atoms with Crippen molar-refractivity contribution in [1.82, 2.24) is 14.9 Å². The van der Waals surface area contributed by atoms with Crippen LogP contribution in [0.1, 0.15) is 30.6 Å². The van der Waals surface area contributed by atoms with Gasteiger partial charge in [-0.05, 0) is 31.7 Å². The Hall–Kier alpha value is -2.15. The Labute approximate surface area is 146 Å². The predicted molar refractivity (Wildman–Crippen MR) is 94.8 cm³/mol. The maximum atomic E-state index is 12.5. The molecule has 3 rings (SSSR count). The van der Waals surface area contributed by atoms with Gasteiger partial charge >= 0.3 is 0 Å². The summed E-state index contributed by atoms with van der Waals surface area (Å²) in [6.07, 6.45) is 4.27. The van der Waals surface area contributed by atoms with Crippen LogP contribution in [0.25, 0.3) is 0 Å². The highest BCUT2D eigenvalue weighted by Gasteiger charge is 2.23. The second kappa shape index (κ2) is 7.61. The Bertz CT molecular complexity index is 675. The maximum absolute atomic E-state index is 12.5. The van der Waals surface area contributed by atoms with Gasteiger partial charge in [0.05, 0.1) is 11.7 Å². The molecule has 1 amide bonds. The molecule has 0 saturated carbocycles. The number of hydrogen-bond donors (Lipinski definition) is 0. The van der Waals surface area contributed by atoms with Crippen LogP contribution in [0.4, 0.5) is 5.82 Å². The third-order valence-electron chi connectivity index (χ3n) is 3.84. The van der Waals surface area contributed by atoms with Crippen molar-refractivity contribution in [2.75, 3.05) is 31.1 Å². The van der Waals surface area contributed by atoms with Gasteiger partial charge in [0.2, 0.25) is 0 Å². The van der Waals surface area contributed by atoms with Crippen molar-refractivity contribution in [3.63, 3.8) is 0 Å². The van der Waals surface area contributed by atoms with Gasteiger partial charge in [0, 0.05) is 44.0 Å². The van der Waals surface area contributed by atoms with E-state index in [1.165, 1.54) is 0 Å². The summed E-state index contributed by atoms with van der Waals surface area (Å²) >= 11 is 1.55. The molecule has 0 atom stereocenters. The van der Waals surface area contributed by atoms with Crippen LogP contribution in [0.2, 0.25) is 0 Å². The van der Waals surface area contributed by atoms with Crippen molar-refractivity contribution < 1.29 is 9.53 Å². The number of aromatic nitrogens is 2. The highest BCUT2D eigenvalue weighted by Crippen LogP contribution is 2.25. The van der Waals surface area contributed by atoms with Gasteiger partial charge < -0.3 is 14.5 Å². The first-order valence-electron chi connectivity index (χ1n) is 8.19. The molecule has 0 unspecified atom stereocenters. The number of ether oxygens (including phenoxy) is 1. The summed E-state index contributed by atoms with van der Waals surface area (Å²) in [7, 11) is 0. The number of nitrogens with zero attached hydrogens (tertiary/aromatic N) is 4. The molecule has 1 aliphatic heterocycles. The van der Waals surface area contributed by atoms with Gasteiger partial charge in [-0.15, -0.1) is 0 Å². The molecule has 1 fully saturated rings. The molecule has 6 nitrogen and oxygen atoms in total. The van der Waals surface area contributed by atoms with Crippen molar-refractivity contribution in [1.29, 1.82) is 0 Å². The van der Waals surface area contributed by atoms with E-state index in [9.17, 15) is 4.79 Å². The highest BCUT2D eigenvalue weighted by atomic mass is 32.1. The molecule has 0 aliphatic carbocycles. The van der Waals surface area contributed by atoms with Gasteiger partial charge in [-0.2, -0.15) is 11.3 Å². The maximum Gasteiger partial charge on any atom is 0.257 e. The summed E-state index contributed by atoms with van der Waals surface area (Å²) in [5.41, 5.74) is 0.775. The molecule has 128 valence electrons. The Morgan fingerprint density at radius 2 is 2.04 bits per heavy atom. The summed E-state index contributed by atoms with van der Waals surface area (Å²) in [5, 5.41) is 3.84. The van der Waals surface area contributed by atoms with Crippen molar-refractivity contribution in [2.24, 2.45) is 0 Å². The Kier molecular flexibility index (Phi) is 5.30. The first kappa shape index (κ1) is 16.7. The second-order valence-corrected chi connectivity index (χ2v) is 6.78. The zero-order valence-electron chi connectivity index (χ0n) is 14.0. The number of rotatable bonds is 4. The van der Waals surface area contributed by atoms with Crippen molar-refractivity contribution in [3.8, 4) is 5.88 Å². The Balaban J connectivity index is 1.71. The Morgan fingerprint density at radius 3 is 2.79 bits per heavy atom. The van der Waals surface area contributed by atoms with Gasteiger partial charge in [-0.3, -0.25) is 4.79 Å². The molecular weight excluding hydrogens is 324 g/mol. The van der Waals surface area contributed by atoms with Crippen LogP contribution in [0.15, 0.2) is 29.2 Å². The fourth-order valence-electron chi connectivity index (χ4n) is 2.74.